The first-order valence-electron chi connectivity index (χ1n) is 11.8. The number of ether oxygens (including phenoxy) is 3. The predicted octanol–water partition coefficient (Wildman–Crippen LogP) is 0.738. The maximum Gasteiger partial charge on any atom is 1.00 e. The van der Waals surface area contributed by atoms with Crippen molar-refractivity contribution in [2.75, 3.05) is 61.7 Å². The third kappa shape index (κ3) is 11.0. The van der Waals surface area contributed by atoms with Crippen LogP contribution in [-0.4, -0.2) is 87.9 Å². The van der Waals surface area contributed by atoms with E-state index in [0.717, 1.165) is 50.6 Å². The zero-order valence-electron chi connectivity index (χ0n) is 22.8. The first-order chi connectivity index (χ1) is 16.7. The summed E-state index contributed by atoms with van der Waals surface area (Å²) >= 11 is 0. The molecule has 196 valence electrons. The van der Waals surface area contributed by atoms with Crippen LogP contribution in [0.25, 0.3) is 0 Å². The molecule has 2 aromatic rings. The van der Waals surface area contributed by atoms with E-state index in [1.54, 1.807) is 19.2 Å². The van der Waals surface area contributed by atoms with Gasteiger partial charge < -0.3 is 29.0 Å². The average Bonchev–Trinajstić information content (AvgIpc) is 2.79. The molecule has 0 aromatic carbocycles. The Balaban J connectivity index is 0.000000356. The molecule has 0 atom stereocenters. The molecule has 0 spiro atoms. The van der Waals surface area contributed by atoms with Crippen molar-refractivity contribution >= 4 is 0 Å². The fourth-order valence-corrected chi connectivity index (χ4v) is 4.12. The zero-order chi connectivity index (χ0) is 25.8. The number of halogens is 2. The predicted molar refractivity (Wildman–Crippen MR) is 132 cm³/mol. The van der Waals surface area contributed by atoms with Crippen molar-refractivity contribution in [2.24, 2.45) is 0 Å². The van der Waals surface area contributed by atoms with Crippen LogP contribution >= 0.6 is 0 Å². The minimum Gasteiger partial charge on any atom is -0.486 e. The van der Waals surface area contributed by atoms with E-state index in [2.05, 4.69) is 41.2 Å². The second kappa shape index (κ2) is 17.1. The van der Waals surface area contributed by atoms with Gasteiger partial charge >= 0.3 is 51.4 Å². The molecule has 0 amide bonds. The second-order valence-electron chi connectivity index (χ2n) is 9.34. The molecule has 3 rings (SSSR count). The van der Waals surface area contributed by atoms with Gasteiger partial charge in [-0.15, -0.1) is 5.56 Å². The van der Waals surface area contributed by atoms with Crippen molar-refractivity contribution in [2.45, 2.75) is 44.7 Å². The average molecular weight is 533 g/mol. The van der Waals surface area contributed by atoms with Crippen LogP contribution in [0, 0.1) is 13.1 Å². The topological polar surface area (TPSA) is 60.0 Å². The summed E-state index contributed by atoms with van der Waals surface area (Å²) in [5.74, 6) is 0.430. The number of alkyl halides is 2. The van der Waals surface area contributed by atoms with E-state index in [0.29, 0.717) is 18.0 Å². The third-order valence-electron chi connectivity index (χ3n) is 5.65. The largest absolute Gasteiger partial charge is 1.00 e. The van der Waals surface area contributed by atoms with Gasteiger partial charge in [0.25, 0.3) is 6.43 Å². The number of hydrogen-bond donors (Lipinski definition) is 0. The molecule has 0 unspecified atom stereocenters. The smallest absolute Gasteiger partial charge is 0.486 e. The van der Waals surface area contributed by atoms with E-state index in [1.807, 2.05) is 32.0 Å². The number of aryl methyl sites for hydroxylation is 1. The second-order valence-corrected chi connectivity index (χ2v) is 9.34. The first-order valence-corrected chi connectivity index (χ1v) is 11.8. The van der Waals surface area contributed by atoms with Gasteiger partial charge in [-0.3, -0.25) is 4.98 Å². The summed E-state index contributed by atoms with van der Waals surface area (Å²) in [4.78, 5) is 12.8. The van der Waals surface area contributed by atoms with Crippen LogP contribution < -0.4 is 56.1 Å². The van der Waals surface area contributed by atoms with Gasteiger partial charge in [-0.05, 0) is 66.6 Å². The number of rotatable bonds is 10. The van der Waals surface area contributed by atoms with E-state index in [9.17, 15) is 8.78 Å². The summed E-state index contributed by atoms with van der Waals surface area (Å²) in [5, 5.41) is 0. The summed E-state index contributed by atoms with van der Waals surface area (Å²) in [6.07, 6.45) is 2.48. The Morgan fingerprint density at radius 1 is 1.06 bits per heavy atom. The van der Waals surface area contributed by atoms with Crippen molar-refractivity contribution in [1.82, 2.24) is 19.8 Å². The molecule has 1 saturated heterocycles. The number of nitrogens with zero attached hydrogens (tertiary/aromatic N) is 4. The molecular weight excluding hydrogens is 493 g/mol. The van der Waals surface area contributed by atoms with Crippen LogP contribution in [0.3, 0.4) is 0 Å². The van der Waals surface area contributed by atoms with Crippen LogP contribution in [0.1, 0.15) is 35.5 Å². The van der Waals surface area contributed by atoms with E-state index in [-0.39, 0.29) is 56.8 Å². The van der Waals surface area contributed by atoms with Crippen molar-refractivity contribution in [1.29, 1.82) is 0 Å². The first kappa shape index (κ1) is 33.5. The Morgan fingerprint density at radius 3 is 2.28 bits per heavy atom. The van der Waals surface area contributed by atoms with Crippen molar-refractivity contribution in [3.8, 4) is 5.75 Å². The van der Waals surface area contributed by atoms with E-state index in [1.165, 1.54) is 5.56 Å². The van der Waals surface area contributed by atoms with Gasteiger partial charge in [0.1, 0.15) is 12.4 Å². The molecule has 3 heterocycles. The summed E-state index contributed by atoms with van der Waals surface area (Å²) in [6.45, 7) is 4.98. The van der Waals surface area contributed by atoms with Gasteiger partial charge in [-0.1, -0.05) is 11.9 Å². The summed E-state index contributed by atoms with van der Waals surface area (Å²) in [7, 11) is 9.67. The molecule has 36 heavy (non-hydrogen) atoms. The van der Waals surface area contributed by atoms with Gasteiger partial charge in [0.15, 0.2) is 0 Å². The van der Waals surface area contributed by atoms with Gasteiger partial charge in [0.05, 0.1) is 12.3 Å². The normalized spacial score (nSPS) is 14.9. The Morgan fingerprint density at radius 2 is 1.69 bits per heavy atom. The molecule has 10 heteroatoms. The molecule has 0 N–H and O–H groups in total. The SMILES string of the molecule is COCC1(c2cc[c-]nc2CN(C)C)CCOCC1.Cc1ccc(OCC(F)F)c(CN(C)C)n1.[K+]. The Kier molecular flexibility index (Phi) is 15.9. The van der Waals surface area contributed by atoms with Crippen LogP contribution in [0.15, 0.2) is 24.3 Å². The molecule has 2 aromatic heterocycles. The summed E-state index contributed by atoms with van der Waals surface area (Å²) < 4.78 is 40.1. The molecule has 1 fully saturated rings. The number of hydrogen-bond acceptors (Lipinski definition) is 7. The van der Waals surface area contributed by atoms with Crippen molar-refractivity contribution in [3.05, 3.63) is 53.1 Å². The molecule has 0 aliphatic carbocycles. The number of aromatic nitrogens is 2. The molecule has 0 saturated carbocycles. The third-order valence-corrected chi connectivity index (χ3v) is 5.65. The van der Waals surface area contributed by atoms with Gasteiger partial charge in [-0.25, -0.2) is 8.78 Å². The maximum absolute atomic E-state index is 12.0. The zero-order valence-corrected chi connectivity index (χ0v) is 25.9. The minimum atomic E-state index is -2.46. The molecule has 0 bridgehead atoms. The monoisotopic (exact) mass is 532 g/mol. The van der Waals surface area contributed by atoms with Crippen LogP contribution in [-0.2, 0) is 28.0 Å². The molecule has 7 nitrogen and oxygen atoms in total. The quantitative estimate of drug-likeness (QED) is 0.331. The van der Waals surface area contributed by atoms with Crippen LogP contribution in [0.4, 0.5) is 8.78 Å². The minimum absolute atomic E-state index is 0. The van der Waals surface area contributed by atoms with Crippen molar-refractivity contribution in [3.63, 3.8) is 0 Å². The van der Waals surface area contributed by atoms with Crippen LogP contribution in [0.2, 0.25) is 0 Å². The van der Waals surface area contributed by atoms with Gasteiger partial charge in [-0.2, -0.15) is 12.1 Å². The summed E-state index contributed by atoms with van der Waals surface area (Å²) in [5.41, 5.74) is 3.98. The standard InChI is InChI=1S/C15H23N2O2.C11H16F2N2O.K/c1-17(2)11-14-13(5-4-8-16-14)15(12-18-3)6-9-19-10-7-15;1-8-4-5-10(16-7-11(12)13)9(14-8)6-15(2)3;/h4-5H,6-7,9-12H2,1-3H3;4-5,11H,6-7H2,1-3H3;/q-1;;+1. The molecule has 1 aliphatic heterocycles. The Hall–Kier alpha value is -0.564. The van der Waals surface area contributed by atoms with E-state index >= 15 is 0 Å². The van der Waals surface area contributed by atoms with E-state index in [4.69, 9.17) is 14.2 Å². The fraction of sp³-hybridized carbons (Fsp3) is 0.615. The molecular formula is C26H39F2KN4O3. The summed E-state index contributed by atoms with van der Waals surface area (Å²) in [6, 6.07) is 7.49. The Bertz CT molecular complexity index is 892. The van der Waals surface area contributed by atoms with Gasteiger partial charge in [0.2, 0.25) is 0 Å². The van der Waals surface area contributed by atoms with Crippen LogP contribution in [0.5, 0.6) is 5.75 Å². The number of pyridine rings is 2. The van der Waals surface area contributed by atoms with Crippen molar-refractivity contribution < 1.29 is 74.4 Å². The molecule has 0 radical (unpaired) electrons. The maximum atomic E-state index is 12.0. The fourth-order valence-electron chi connectivity index (χ4n) is 4.12. The number of methoxy groups -OCH3 is 1. The Labute approximate surface area is 257 Å². The molecule has 1 aliphatic rings. The van der Waals surface area contributed by atoms with Gasteiger partial charge in [0, 0.05) is 38.0 Å². The van der Waals surface area contributed by atoms with E-state index < -0.39 is 13.0 Å².